The molecule has 0 aliphatic rings. The summed E-state index contributed by atoms with van der Waals surface area (Å²) in [5, 5.41) is 7.95. The molecule has 2 rings (SSSR count). The Labute approximate surface area is 130 Å². The van der Waals surface area contributed by atoms with Gasteiger partial charge in [-0.1, -0.05) is 6.07 Å². The summed E-state index contributed by atoms with van der Waals surface area (Å²) in [7, 11) is 1.60. The molecule has 1 amide bonds. The lowest BCUT2D eigenvalue weighted by molar-refractivity contribution is -0.115. The zero-order valence-electron chi connectivity index (χ0n) is 11.0. The topological polar surface area (TPSA) is 50.4 Å². The van der Waals surface area contributed by atoms with Crippen molar-refractivity contribution in [3.63, 3.8) is 0 Å². The van der Waals surface area contributed by atoms with Crippen LogP contribution in [0.25, 0.3) is 0 Å². The van der Waals surface area contributed by atoms with Gasteiger partial charge in [0.2, 0.25) is 5.91 Å². The highest BCUT2D eigenvalue weighted by atomic mass is 79.9. The minimum absolute atomic E-state index is 0.0778. The molecule has 20 heavy (non-hydrogen) atoms. The van der Waals surface area contributed by atoms with E-state index in [1.807, 2.05) is 29.6 Å². The summed E-state index contributed by atoms with van der Waals surface area (Å²) < 4.78 is 6.18. The predicted octanol–water partition coefficient (Wildman–Crippen LogP) is 3.25. The number of ether oxygens (including phenoxy) is 1. The maximum Gasteiger partial charge on any atom is 0.238 e. The van der Waals surface area contributed by atoms with Crippen LogP contribution in [-0.2, 0) is 11.3 Å². The van der Waals surface area contributed by atoms with Crippen LogP contribution in [0.2, 0.25) is 0 Å². The van der Waals surface area contributed by atoms with E-state index in [2.05, 4.69) is 26.6 Å². The van der Waals surface area contributed by atoms with Gasteiger partial charge in [-0.15, -0.1) is 11.3 Å². The first kappa shape index (κ1) is 15.0. The van der Waals surface area contributed by atoms with Crippen LogP contribution in [0.1, 0.15) is 4.88 Å². The number of methoxy groups -OCH3 is 1. The number of halogens is 1. The molecule has 4 nitrogen and oxygen atoms in total. The Morgan fingerprint density at radius 1 is 1.40 bits per heavy atom. The highest BCUT2D eigenvalue weighted by molar-refractivity contribution is 9.10. The Morgan fingerprint density at radius 3 is 2.95 bits per heavy atom. The second-order valence-corrected chi connectivity index (χ2v) is 5.93. The molecule has 2 N–H and O–H groups in total. The number of anilines is 1. The number of thiophene rings is 1. The fraction of sp³-hybridized carbons (Fsp3) is 0.214. The minimum Gasteiger partial charge on any atom is -0.497 e. The standard InChI is InChI=1S/C14H15BrN2O2S/c1-19-11-4-2-3-10(7-11)17-14(18)9-16-8-13-12(15)5-6-20-13/h2-7,16H,8-9H2,1H3,(H,17,18). The zero-order valence-corrected chi connectivity index (χ0v) is 13.4. The van der Waals surface area contributed by atoms with Gasteiger partial charge in [-0.3, -0.25) is 4.79 Å². The highest BCUT2D eigenvalue weighted by Crippen LogP contribution is 2.22. The maximum absolute atomic E-state index is 11.8. The first-order chi connectivity index (χ1) is 9.69. The van der Waals surface area contributed by atoms with Gasteiger partial charge >= 0.3 is 0 Å². The van der Waals surface area contributed by atoms with Gasteiger partial charge in [0.1, 0.15) is 5.75 Å². The SMILES string of the molecule is COc1cccc(NC(=O)CNCc2sccc2Br)c1. The third-order valence-electron chi connectivity index (χ3n) is 2.62. The highest BCUT2D eigenvalue weighted by Gasteiger charge is 2.05. The fourth-order valence-electron chi connectivity index (χ4n) is 1.65. The third kappa shape index (κ3) is 4.33. The van der Waals surface area contributed by atoms with Crippen LogP contribution in [0.3, 0.4) is 0 Å². The molecule has 0 atom stereocenters. The van der Waals surface area contributed by atoms with Crippen LogP contribution in [-0.4, -0.2) is 19.6 Å². The van der Waals surface area contributed by atoms with Crippen LogP contribution < -0.4 is 15.4 Å². The van der Waals surface area contributed by atoms with Gasteiger partial charge in [0.05, 0.1) is 13.7 Å². The molecule has 2 aromatic rings. The van der Waals surface area contributed by atoms with Gasteiger partial charge in [-0.2, -0.15) is 0 Å². The normalized spacial score (nSPS) is 10.3. The first-order valence-corrected chi connectivity index (χ1v) is 7.73. The van der Waals surface area contributed by atoms with E-state index in [-0.39, 0.29) is 12.5 Å². The summed E-state index contributed by atoms with van der Waals surface area (Å²) in [5.41, 5.74) is 0.730. The van der Waals surface area contributed by atoms with E-state index in [9.17, 15) is 4.79 Å². The number of hydrogen-bond donors (Lipinski definition) is 2. The molecule has 0 bridgehead atoms. The second-order valence-electron chi connectivity index (χ2n) is 4.08. The van der Waals surface area contributed by atoms with Crippen LogP contribution >= 0.6 is 27.3 Å². The second kappa shape index (κ2) is 7.42. The molecular weight excluding hydrogens is 340 g/mol. The van der Waals surface area contributed by atoms with E-state index < -0.39 is 0 Å². The maximum atomic E-state index is 11.8. The lowest BCUT2D eigenvalue weighted by Crippen LogP contribution is -2.27. The lowest BCUT2D eigenvalue weighted by atomic mass is 10.3. The van der Waals surface area contributed by atoms with Gasteiger partial charge in [-0.05, 0) is 39.5 Å². The lowest BCUT2D eigenvalue weighted by Gasteiger charge is -2.07. The summed E-state index contributed by atoms with van der Waals surface area (Å²) in [6, 6.07) is 9.29. The van der Waals surface area contributed by atoms with Crippen molar-refractivity contribution in [3.05, 3.63) is 45.1 Å². The number of rotatable bonds is 6. The molecule has 0 aliphatic carbocycles. The van der Waals surface area contributed by atoms with Crippen LogP contribution in [0.4, 0.5) is 5.69 Å². The Kier molecular flexibility index (Phi) is 5.58. The van der Waals surface area contributed by atoms with Crippen molar-refractivity contribution < 1.29 is 9.53 Å². The zero-order chi connectivity index (χ0) is 14.4. The Balaban J connectivity index is 1.79. The summed E-state index contributed by atoms with van der Waals surface area (Å²) >= 11 is 5.11. The van der Waals surface area contributed by atoms with Crippen molar-refractivity contribution in [1.82, 2.24) is 5.32 Å². The Bertz CT molecular complexity index is 586. The van der Waals surface area contributed by atoms with Gasteiger partial charge in [-0.25, -0.2) is 0 Å². The minimum atomic E-state index is -0.0778. The van der Waals surface area contributed by atoms with Crippen molar-refractivity contribution in [2.24, 2.45) is 0 Å². The predicted molar refractivity (Wildman–Crippen MR) is 85.3 cm³/mol. The molecule has 0 fully saturated rings. The first-order valence-electron chi connectivity index (χ1n) is 6.05. The molecule has 0 spiro atoms. The Hall–Kier alpha value is -1.37. The quantitative estimate of drug-likeness (QED) is 0.836. The summed E-state index contributed by atoms with van der Waals surface area (Å²) in [6.07, 6.45) is 0. The molecule has 0 saturated carbocycles. The molecule has 1 aromatic carbocycles. The molecule has 0 aliphatic heterocycles. The van der Waals surface area contributed by atoms with Gasteiger partial charge in [0.25, 0.3) is 0 Å². The smallest absolute Gasteiger partial charge is 0.238 e. The van der Waals surface area contributed by atoms with Crippen LogP contribution in [0, 0.1) is 0 Å². The van der Waals surface area contributed by atoms with Crippen molar-refractivity contribution in [2.75, 3.05) is 19.0 Å². The number of carbonyl (C=O) groups excluding carboxylic acids is 1. The molecular formula is C14H15BrN2O2S. The van der Waals surface area contributed by atoms with E-state index in [1.54, 1.807) is 24.5 Å². The number of nitrogens with one attached hydrogen (secondary N) is 2. The fourth-order valence-corrected chi connectivity index (χ4v) is 3.11. The summed E-state index contributed by atoms with van der Waals surface area (Å²) in [4.78, 5) is 13.0. The molecule has 0 unspecified atom stereocenters. The molecule has 1 aromatic heterocycles. The molecule has 106 valence electrons. The van der Waals surface area contributed by atoms with Crippen LogP contribution in [0.15, 0.2) is 40.2 Å². The third-order valence-corrected chi connectivity index (χ3v) is 4.54. The largest absolute Gasteiger partial charge is 0.497 e. The number of carbonyl (C=O) groups is 1. The van der Waals surface area contributed by atoms with Crippen molar-refractivity contribution >= 4 is 38.9 Å². The van der Waals surface area contributed by atoms with Gasteiger partial charge in [0, 0.05) is 27.6 Å². The van der Waals surface area contributed by atoms with Crippen molar-refractivity contribution in [3.8, 4) is 5.75 Å². The van der Waals surface area contributed by atoms with Crippen molar-refractivity contribution in [1.29, 1.82) is 0 Å². The monoisotopic (exact) mass is 354 g/mol. The summed E-state index contributed by atoms with van der Waals surface area (Å²) in [5.74, 6) is 0.643. The molecule has 1 heterocycles. The van der Waals surface area contributed by atoms with E-state index in [1.165, 1.54) is 4.88 Å². The van der Waals surface area contributed by atoms with Crippen LogP contribution in [0.5, 0.6) is 5.75 Å². The van der Waals surface area contributed by atoms with E-state index in [0.29, 0.717) is 6.54 Å². The average Bonchev–Trinajstić information content (AvgIpc) is 2.85. The van der Waals surface area contributed by atoms with E-state index in [4.69, 9.17) is 4.74 Å². The molecule has 0 saturated heterocycles. The average molecular weight is 355 g/mol. The number of amides is 1. The van der Waals surface area contributed by atoms with E-state index in [0.717, 1.165) is 15.9 Å². The molecule has 0 radical (unpaired) electrons. The van der Waals surface area contributed by atoms with Gasteiger partial charge < -0.3 is 15.4 Å². The number of benzene rings is 1. The molecule has 6 heteroatoms. The Morgan fingerprint density at radius 2 is 2.25 bits per heavy atom. The van der Waals surface area contributed by atoms with Crippen molar-refractivity contribution in [2.45, 2.75) is 6.54 Å². The summed E-state index contributed by atoms with van der Waals surface area (Å²) in [6.45, 7) is 0.936. The van der Waals surface area contributed by atoms with E-state index >= 15 is 0 Å². The number of hydrogen-bond acceptors (Lipinski definition) is 4. The van der Waals surface area contributed by atoms with Gasteiger partial charge in [0.15, 0.2) is 0 Å².